The topological polar surface area (TPSA) is 113 Å². The van der Waals surface area contributed by atoms with Crippen molar-refractivity contribution in [2.45, 2.75) is 49.3 Å². The summed E-state index contributed by atoms with van der Waals surface area (Å²) in [7, 11) is -7.50. The molecule has 2 aromatic rings. The lowest BCUT2D eigenvalue weighted by atomic mass is 10.1. The maximum absolute atomic E-state index is 13.0. The highest BCUT2D eigenvalue weighted by Crippen LogP contribution is 2.22. The molecule has 1 fully saturated rings. The summed E-state index contributed by atoms with van der Waals surface area (Å²) < 4.78 is 54.6. The first kappa shape index (κ1) is 24.4. The Kier molecular flexibility index (Phi) is 7.71. The highest BCUT2D eigenvalue weighted by atomic mass is 32.2. The van der Waals surface area contributed by atoms with Gasteiger partial charge in [0, 0.05) is 18.8 Å². The summed E-state index contributed by atoms with van der Waals surface area (Å²) in [6, 6.07) is 10.8. The van der Waals surface area contributed by atoms with Gasteiger partial charge in [0.15, 0.2) is 0 Å². The van der Waals surface area contributed by atoms with Crippen molar-refractivity contribution < 1.29 is 21.6 Å². The maximum Gasteiger partial charge on any atom is 0.243 e. The van der Waals surface area contributed by atoms with Crippen molar-refractivity contribution in [3.8, 4) is 0 Å². The van der Waals surface area contributed by atoms with E-state index in [2.05, 4.69) is 10.0 Å². The fourth-order valence-corrected chi connectivity index (χ4v) is 6.13. The van der Waals surface area contributed by atoms with Crippen LogP contribution in [0.15, 0.2) is 52.3 Å². The van der Waals surface area contributed by atoms with Crippen LogP contribution in [0.4, 0.5) is 5.69 Å². The van der Waals surface area contributed by atoms with Gasteiger partial charge in [-0.2, -0.15) is 4.31 Å². The van der Waals surface area contributed by atoms with Gasteiger partial charge in [0.1, 0.15) is 0 Å². The van der Waals surface area contributed by atoms with Gasteiger partial charge in [-0.15, -0.1) is 0 Å². The lowest BCUT2D eigenvalue weighted by Crippen LogP contribution is -2.33. The number of aryl methyl sites for hydroxylation is 2. The quantitative estimate of drug-likeness (QED) is 0.634. The Labute approximate surface area is 190 Å². The molecule has 1 saturated heterocycles. The van der Waals surface area contributed by atoms with Crippen molar-refractivity contribution >= 4 is 31.6 Å². The summed E-state index contributed by atoms with van der Waals surface area (Å²) in [5, 5.41) is 2.57. The van der Waals surface area contributed by atoms with E-state index in [1.807, 2.05) is 13.8 Å². The molecule has 0 aliphatic carbocycles. The smallest absolute Gasteiger partial charge is 0.243 e. The lowest BCUT2D eigenvalue weighted by molar-refractivity contribution is -0.115. The van der Waals surface area contributed by atoms with Crippen LogP contribution in [0.25, 0.3) is 0 Å². The minimum atomic E-state index is -3.85. The first-order valence-corrected chi connectivity index (χ1v) is 13.5. The van der Waals surface area contributed by atoms with E-state index in [-0.39, 0.29) is 15.5 Å². The van der Waals surface area contributed by atoms with Crippen molar-refractivity contribution in [1.82, 2.24) is 9.03 Å². The minimum Gasteiger partial charge on any atom is -0.325 e. The molecule has 2 aromatic carbocycles. The number of carbonyl (C=O) groups is 1. The van der Waals surface area contributed by atoms with E-state index in [0.717, 1.165) is 36.8 Å². The van der Waals surface area contributed by atoms with E-state index in [1.165, 1.54) is 22.5 Å². The van der Waals surface area contributed by atoms with E-state index >= 15 is 0 Å². The van der Waals surface area contributed by atoms with Gasteiger partial charge in [0.25, 0.3) is 0 Å². The third-order valence-corrected chi connectivity index (χ3v) is 8.83. The van der Waals surface area contributed by atoms with Crippen LogP contribution < -0.4 is 10.0 Å². The van der Waals surface area contributed by atoms with E-state index in [0.29, 0.717) is 13.1 Å². The van der Waals surface area contributed by atoms with Crippen molar-refractivity contribution in [2.75, 3.05) is 25.0 Å². The third-order valence-electron chi connectivity index (χ3n) is 5.53. The molecule has 0 aromatic heterocycles. The Morgan fingerprint density at radius 3 is 2.22 bits per heavy atom. The number of nitrogens with one attached hydrogen (secondary N) is 2. The second-order valence-corrected chi connectivity index (χ2v) is 11.7. The zero-order valence-electron chi connectivity index (χ0n) is 18.3. The molecule has 3 rings (SSSR count). The zero-order valence-corrected chi connectivity index (χ0v) is 19.9. The number of rotatable bonds is 7. The highest BCUT2D eigenvalue weighted by molar-refractivity contribution is 7.89. The van der Waals surface area contributed by atoms with Gasteiger partial charge in [0.05, 0.1) is 16.3 Å². The number of nitrogens with zero attached hydrogens (tertiary/aromatic N) is 1. The molecular formula is C22H29N3O5S2. The highest BCUT2D eigenvalue weighted by Gasteiger charge is 2.25. The van der Waals surface area contributed by atoms with Crippen LogP contribution >= 0.6 is 0 Å². The molecule has 1 heterocycles. The third kappa shape index (κ3) is 5.94. The summed E-state index contributed by atoms with van der Waals surface area (Å²) in [5.74, 6) is -0.596. The van der Waals surface area contributed by atoms with Gasteiger partial charge in [-0.1, -0.05) is 25.0 Å². The van der Waals surface area contributed by atoms with E-state index in [1.54, 1.807) is 24.3 Å². The molecule has 2 N–H and O–H groups in total. The molecule has 174 valence electrons. The Morgan fingerprint density at radius 1 is 0.875 bits per heavy atom. The van der Waals surface area contributed by atoms with Crippen LogP contribution in [-0.2, 0) is 24.8 Å². The monoisotopic (exact) mass is 479 g/mol. The van der Waals surface area contributed by atoms with Gasteiger partial charge in [-0.05, 0) is 68.1 Å². The number of sulfonamides is 2. The van der Waals surface area contributed by atoms with Crippen LogP contribution in [-0.4, -0.2) is 46.7 Å². The molecule has 32 heavy (non-hydrogen) atoms. The number of hydrogen-bond acceptors (Lipinski definition) is 5. The number of carbonyl (C=O) groups excluding carboxylic acids is 1. The second-order valence-electron chi connectivity index (χ2n) is 7.96. The van der Waals surface area contributed by atoms with Crippen LogP contribution in [0.3, 0.4) is 0 Å². The van der Waals surface area contributed by atoms with Crippen molar-refractivity contribution in [2.24, 2.45) is 0 Å². The average molecular weight is 480 g/mol. The molecule has 1 amide bonds. The SMILES string of the molecule is Cc1ccc(S(=O)(=O)NCC(=O)Nc2cccc(S(=O)(=O)N3CCCCCC3)c2)cc1C. The fraction of sp³-hybridized carbons (Fsp3) is 0.409. The van der Waals surface area contributed by atoms with Gasteiger partial charge >= 0.3 is 0 Å². The Hall–Kier alpha value is -2.27. The lowest BCUT2D eigenvalue weighted by Gasteiger charge is -2.20. The minimum absolute atomic E-state index is 0.0824. The molecule has 1 aliphatic rings. The van der Waals surface area contributed by atoms with Crippen LogP contribution in [0.1, 0.15) is 36.8 Å². The first-order chi connectivity index (χ1) is 15.1. The summed E-state index contributed by atoms with van der Waals surface area (Å²) in [6.07, 6.45) is 3.69. The number of hydrogen-bond donors (Lipinski definition) is 2. The molecule has 8 nitrogen and oxygen atoms in total. The van der Waals surface area contributed by atoms with Crippen LogP contribution in [0.5, 0.6) is 0 Å². The zero-order chi connectivity index (χ0) is 23.4. The average Bonchev–Trinajstić information content (AvgIpc) is 3.05. The Morgan fingerprint density at radius 2 is 1.56 bits per heavy atom. The van der Waals surface area contributed by atoms with E-state index in [4.69, 9.17) is 0 Å². The van der Waals surface area contributed by atoms with E-state index < -0.39 is 32.5 Å². The summed E-state index contributed by atoms with van der Waals surface area (Å²) in [4.78, 5) is 12.5. The molecule has 0 unspecified atom stereocenters. The molecule has 10 heteroatoms. The fourth-order valence-electron chi connectivity index (χ4n) is 3.50. The molecular weight excluding hydrogens is 450 g/mol. The van der Waals surface area contributed by atoms with Gasteiger partial charge < -0.3 is 5.32 Å². The molecule has 1 aliphatic heterocycles. The number of anilines is 1. The summed E-state index contributed by atoms with van der Waals surface area (Å²) in [6.45, 7) is 4.19. The largest absolute Gasteiger partial charge is 0.325 e. The van der Waals surface area contributed by atoms with Gasteiger partial charge in [-0.25, -0.2) is 21.6 Å². The van der Waals surface area contributed by atoms with Crippen molar-refractivity contribution in [1.29, 1.82) is 0 Å². The summed E-state index contributed by atoms with van der Waals surface area (Å²) >= 11 is 0. The number of amides is 1. The standard InChI is InChI=1S/C22H29N3O5S2/c1-17-10-11-20(14-18(17)2)31(27,28)23-16-22(26)24-19-8-7-9-21(15-19)32(29,30)25-12-5-3-4-6-13-25/h7-11,14-15,23H,3-6,12-13,16H2,1-2H3,(H,24,26). The molecule has 0 radical (unpaired) electrons. The van der Waals surface area contributed by atoms with Crippen LogP contribution in [0.2, 0.25) is 0 Å². The van der Waals surface area contributed by atoms with Gasteiger partial charge in [0.2, 0.25) is 26.0 Å². The molecule has 0 saturated carbocycles. The van der Waals surface area contributed by atoms with Crippen LogP contribution in [0, 0.1) is 13.8 Å². The molecule has 0 bridgehead atoms. The second kappa shape index (κ2) is 10.1. The van der Waals surface area contributed by atoms with Crippen molar-refractivity contribution in [3.05, 3.63) is 53.6 Å². The normalized spacial score (nSPS) is 15.8. The predicted molar refractivity (Wildman–Crippen MR) is 123 cm³/mol. The molecule has 0 atom stereocenters. The first-order valence-electron chi connectivity index (χ1n) is 10.6. The van der Waals surface area contributed by atoms with Gasteiger partial charge in [-0.3, -0.25) is 4.79 Å². The summed E-state index contributed by atoms with van der Waals surface area (Å²) in [5.41, 5.74) is 2.09. The maximum atomic E-state index is 13.0. The number of benzene rings is 2. The Balaban J connectivity index is 1.66. The molecule has 0 spiro atoms. The predicted octanol–water partition coefficient (Wildman–Crippen LogP) is 2.79. The Bertz CT molecular complexity index is 1190. The van der Waals surface area contributed by atoms with Crippen molar-refractivity contribution in [3.63, 3.8) is 0 Å². The van der Waals surface area contributed by atoms with E-state index in [9.17, 15) is 21.6 Å².